The van der Waals surface area contributed by atoms with Gasteiger partial charge in [-0.3, -0.25) is 0 Å². The fraction of sp³-hybridized carbons (Fsp3) is 0.222. The van der Waals surface area contributed by atoms with Crippen LogP contribution in [0.15, 0.2) is 60.7 Å². The van der Waals surface area contributed by atoms with E-state index in [4.69, 9.17) is 18.9 Å². The van der Waals surface area contributed by atoms with Crippen LogP contribution in [0.1, 0.15) is 11.1 Å². The highest BCUT2D eigenvalue weighted by atomic mass is 16.7. The molecule has 0 unspecified atom stereocenters. The molecular weight excluding hydrogens is 280 g/mol. The van der Waals surface area contributed by atoms with Gasteiger partial charge in [-0.25, -0.2) is 0 Å². The molecule has 0 bridgehead atoms. The minimum atomic E-state index is 0.136. The van der Waals surface area contributed by atoms with E-state index < -0.39 is 0 Å². The van der Waals surface area contributed by atoms with Gasteiger partial charge >= 0.3 is 0 Å². The molecule has 0 N–H and O–H groups in total. The van der Waals surface area contributed by atoms with Crippen LogP contribution in [0, 0.1) is 0 Å². The van der Waals surface area contributed by atoms with Gasteiger partial charge in [0, 0.05) is 25.3 Å². The van der Waals surface area contributed by atoms with E-state index >= 15 is 0 Å². The van der Waals surface area contributed by atoms with Gasteiger partial charge < -0.3 is 18.9 Å². The van der Waals surface area contributed by atoms with Crippen molar-refractivity contribution in [2.24, 2.45) is 0 Å². The van der Waals surface area contributed by atoms with Gasteiger partial charge in [0.05, 0.1) is 0 Å². The Kier molecular flexibility index (Phi) is 6.48. The standard InChI is InChI=1S/C18H20O4/c1-19-13-21-17(15-9-5-3-6-10-15)18(22-14-20-2)16-11-7-4-8-12-16/h3-12H,13-14H2,1-2H3. The topological polar surface area (TPSA) is 36.9 Å². The predicted molar refractivity (Wildman–Crippen MR) is 85.6 cm³/mol. The van der Waals surface area contributed by atoms with Gasteiger partial charge in [-0.1, -0.05) is 60.7 Å². The van der Waals surface area contributed by atoms with Crippen LogP contribution in [-0.4, -0.2) is 27.8 Å². The second-order valence-electron chi connectivity index (χ2n) is 4.49. The van der Waals surface area contributed by atoms with Crippen LogP contribution in [0.3, 0.4) is 0 Å². The largest absolute Gasteiger partial charge is 0.463 e. The highest BCUT2D eigenvalue weighted by Gasteiger charge is 2.15. The summed E-state index contributed by atoms with van der Waals surface area (Å²) in [6.45, 7) is 0.272. The third-order valence-corrected chi connectivity index (χ3v) is 2.92. The van der Waals surface area contributed by atoms with Crippen LogP contribution in [0.2, 0.25) is 0 Å². The molecule has 116 valence electrons. The first-order valence-electron chi connectivity index (χ1n) is 6.95. The van der Waals surface area contributed by atoms with Gasteiger partial charge in [-0.2, -0.15) is 0 Å². The van der Waals surface area contributed by atoms with Gasteiger partial charge in [0.2, 0.25) is 0 Å². The molecule has 0 saturated heterocycles. The summed E-state index contributed by atoms with van der Waals surface area (Å²) >= 11 is 0. The Hall–Kier alpha value is -2.30. The molecular formula is C18H20O4. The number of methoxy groups -OCH3 is 2. The van der Waals surface area contributed by atoms with Gasteiger partial charge in [-0.05, 0) is 0 Å². The molecule has 2 aromatic carbocycles. The quantitative estimate of drug-likeness (QED) is 0.422. The van der Waals surface area contributed by atoms with Crippen molar-refractivity contribution in [3.63, 3.8) is 0 Å². The summed E-state index contributed by atoms with van der Waals surface area (Å²) in [5.74, 6) is 1.23. The van der Waals surface area contributed by atoms with Crippen LogP contribution in [0.4, 0.5) is 0 Å². The second kappa shape index (κ2) is 8.87. The summed E-state index contributed by atoms with van der Waals surface area (Å²) < 4.78 is 21.6. The van der Waals surface area contributed by atoms with Crippen LogP contribution in [-0.2, 0) is 18.9 Å². The van der Waals surface area contributed by atoms with E-state index in [2.05, 4.69) is 0 Å². The Morgan fingerprint density at radius 3 is 1.32 bits per heavy atom. The normalized spacial score (nSPS) is 11.7. The molecule has 0 aliphatic rings. The van der Waals surface area contributed by atoms with E-state index in [-0.39, 0.29) is 13.6 Å². The zero-order valence-corrected chi connectivity index (χ0v) is 12.8. The van der Waals surface area contributed by atoms with Crippen LogP contribution in [0.25, 0.3) is 11.5 Å². The van der Waals surface area contributed by atoms with E-state index in [1.165, 1.54) is 0 Å². The minimum Gasteiger partial charge on any atom is -0.463 e. The maximum atomic E-state index is 5.77. The van der Waals surface area contributed by atoms with Crippen molar-refractivity contribution in [2.45, 2.75) is 0 Å². The molecule has 0 spiro atoms. The van der Waals surface area contributed by atoms with Gasteiger partial charge in [0.25, 0.3) is 0 Å². The molecule has 0 radical (unpaired) electrons. The molecule has 22 heavy (non-hydrogen) atoms. The lowest BCUT2D eigenvalue weighted by Gasteiger charge is -2.17. The highest BCUT2D eigenvalue weighted by molar-refractivity contribution is 5.84. The molecule has 0 heterocycles. The second-order valence-corrected chi connectivity index (χ2v) is 4.49. The van der Waals surface area contributed by atoms with Crippen molar-refractivity contribution >= 4 is 11.5 Å². The zero-order chi connectivity index (χ0) is 15.6. The molecule has 2 rings (SSSR count). The first-order valence-corrected chi connectivity index (χ1v) is 6.95. The third kappa shape index (κ3) is 4.35. The van der Waals surface area contributed by atoms with Gasteiger partial charge in [-0.15, -0.1) is 0 Å². The molecule has 0 aliphatic heterocycles. The fourth-order valence-electron chi connectivity index (χ4n) is 1.97. The average molecular weight is 300 g/mol. The van der Waals surface area contributed by atoms with E-state index in [1.807, 2.05) is 60.7 Å². The molecule has 4 heteroatoms. The number of rotatable bonds is 8. The van der Waals surface area contributed by atoms with Gasteiger partial charge in [0.15, 0.2) is 25.1 Å². The molecule has 0 atom stereocenters. The molecule has 2 aromatic rings. The Balaban J connectivity index is 2.48. The maximum Gasteiger partial charge on any atom is 0.188 e. The van der Waals surface area contributed by atoms with Crippen molar-refractivity contribution in [2.75, 3.05) is 27.8 Å². The highest BCUT2D eigenvalue weighted by Crippen LogP contribution is 2.28. The predicted octanol–water partition coefficient (Wildman–Crippen LogP) is 3.75. The first kappa shape index (κ1) is 16.1. The zero-order valence-electron chi connectivity index (χ0n) is 12.8. The summed E-state index contributed by atoms with van der Waals surface area (Å²) in [4.78, 5) is 0. The first-order chi connectivity index (χ1) is 10.9. The van der Waals surface area contributed by atoms with E-state index in [0.29, 0.717) is 11.5 Å². The lowest BCUT2D eigenvalue weighted by atomic mass is 10.1. The summed E-state index contributed by atoms with van der Waals surface area (Å²) in [6.07, 6.45) is 0. The summed E-state index contributed by atoms with van der Waals surface area (Å²) in [5, 5.41) is 0. The SMILES string of the molecule is COCOC(=C(OCOC)c1ccccc1)c1ccccc1. The molecule has 0 amide bonds. The van der Waals surface area contributed by atoms with Crippen molar-refractivity contribution in [1.29, 1.82) is 0 Å². The van der Waals surface area contributed by atoms with Crippen molar-refractivity contribution in [3.05, 3.63) is 71.8 Å². The summed E-state index contributed by atoms with van der Waals surface area (Å²) in [7, 11) is 3.17. The summed E-state index contributed by atoms with van der Waals surface area (Å²) in [6, 6.07) is 19.6. The number of hydrogen-bond donors (Lipinski definition) is 0. The molecule has 0 fully saturated rings. The number of hydrogen-bond acceptors (Lipinski definition) is 4. The molecule has 0 saturated carbocycles. The molecule has 0 aliphatic carbocycles. The number of ether oxygens (including phenoxy) is 4. The Morgan fingerprint density at radius 1 is 0.636 bits per heavy atom. The minimum absolute atomic E-state index is 0.136. The molecule has 0 aromatic heterocycles. The van der Waals surface area contributed by atoms with E-state index in [9.17, 15) is 0 Å². The lowest BCUT2D eigenvalue weighted by Crippen LogP contribution is -2.04. The van der Waals surface area contributed by atoms with Gasteiger partial charge in [0.1, 0.15) is 0 Å². The van der Waals surface area contributed by atoms with Crippen LogP contribution in [0.5, 0.6) is 0 Å². The lowest BCUT2D eigenvalue weighted by molar-refractivity contribution is 0.0172. The Bertz CT molecular complexity index is 525. The Labute approximate surface area is 130 Å². The third-order valence-electron chi connectivity index (χ3n) is 2.92. The number of benzene rings is 2. The summed E-state index contributed by atoms with van der Waals surface area (Å²) in [5.41, 5.74) is 1.82. The maximum absolute atomic E-state index is 5.77. The monoisotopic (exact) mass is 300 g/mol. The van der Waals surface area contributed by atoms with Crippen molar-refractivity contribution in [3.8, 4) is 0 Å². The van der Waals surface area contributed by atoms with Crippen molar-refractivity contribution < 1.29 is 18.9 Å². The van der Waals surface area contributed by atoms with E-state index in [0.717, 1.165) is 11.1 Å². The van der Waals surface area contributed by atoms with E-state index in [1.54, 1.807) is 14.2 Å². The fourth-order valence-corrected chi connectivity index (χ4v) is 1.97. The smallest absolute Gasteiger partial charge is 0.188 e. The Morgan fingerprint density at radius 2 is 1.00 bits per heavy atom. The van der Waals surface area contributed by atoms with Crippen LogP contribution < -0.4 is 0 Å². The van der Waals surface area contributed by atoms with Crippen molar-refractivity contribution in [1.82, 2.24) is 0 Å². The average Bonchev–Trinajstić information content (AvgIpc) is 2.59. The molecule has 4 nitrogen and oxygen atoms in total. The van der Waals surface area contributed by atoms with Crippen LogP contribution >= 0.6 is 0 Å².